The van der Waals surface area contributed by atoms with Crippen molar-refractivity contribution >= 4 is 22.1 Å². The minimum absolute atomic E-state index is 0.0653. The van der Waals surface area contributed by atoms with Gasteiger partial charge in [-0.05, 0) is 29.8 Å². The van der Waals surface area contributed by atoms with Crippen LogP contribution in [0.3, 0.4) is 0 Å². The molecule has 0 saturated heterocycles. The minimum atomic E-state index is -4.21. The standard InChI is InChI=1S/C27H31N3O8S/c1-34-21-12-14-22(35-2)24(15-21)39(32,33)30(17-19-9-7-6-8-10-19)18-25(31)29-28-16-20-11-13-23(36-3)27(38-5)26(20)37-4/h6-16H,17-18H2,1-5H3,(H,29,31)/b28-16+. The van der Waals surface area contributed by atoms with Gasteiger partial charge in [-0.25, -0.2) is 13.8 Å². The van der Waals surface area contributed by atoms with Crippen LogP contribution >= 0.6 is 0 Å². The molecule has 0 aromatic heterocycles. The highest BCUT2D eigenvalue weighted by atomic mass is 32.2. The zero-order chi connectivity index (χ0) is 28.4. The van der Waals surface area contributed by atoms with Gasteiger partial charge in [0, 0.05) is 18.2 Å². The highest BCUT2D eigenvalue weighted by molar-refractivity contribution is 7.89. The zero-order valence-corrected chi connectivity index (χ0v) is 23.2. The Hall–Kier alpha value is -4.29. The van der Waals surface area contributed by atoms with Gasteiger partial charge in [0.2, 0.25) is 15.8 Å². The van der Waals surface area contributed by atoms with Gasteiger partial charge in [0.25, 0.3) is 5.91 Å². The van der Waals surface area contributed by atoms with Crippen LogP contribution in [0.25, 0.3) is 0 Å². The third-order valence-corrected chi connectivity index (χ3v) is 7.45. The SMILES string of the molecule is COc1ccc(OC)c(S(=O)(=O)N(CC(=O)N/N=C/c2ccc(OC)c(OC)c2OC)Cc2ccccc2)c1. The van der Waals surface area contributed by atoms with Gasteiger partial charge < -0.3 is 23.7 Å². The van der Waals surface area contributed by atoms with Crippen LogP contribution in [0.2, 0.25) is 0 Å². The first-order valence-corrected chi connectivity index (χ1v) is 13.1. The van der Waals surface area contributed by atoms with Crippen LogP contribution in [0, 0.1) is 0 Å². The van der Waals surface area contributed by atoms with E-state index < -0.39 is 22.5 Å². The lowest BCUT2D eigenvalue weighted by molar-refractivity contribution is -0.121. The molecule has 3 aromatic rings. The molecule has 0 aliphatic carbocycles. The van der Waals surface area contributed by atoms with E-state index in [0.29, 0.717) is 34.1 Å². The van der Waals surface area contributed by atoms with E-state index in [9.17, 15) is 13.2 Å². The molecule has 12 heteroatoms. The maximum absolute atomic E-state index is 13.8. The molecule has 208 valence electrons. The average molecular weight is 558 g/mol. The van der Waals surface area contributed by atoms with Gasteiger partial charge in [-0.1, -0.05) is 30.3 Å². The van der Waals surface area contributed by atoms with Crippen LogP contribution < -0.4 is 29.1 Å². The lowest BCUT2D eigenvalue weighted by Gasteiger charge is -2.23. The third-order valence-electron chi connectivity index (χ3n) is 5.64. The van der Waals surface area contributed by atoms with Crippen molar-refractivity contribution in [2.45, 2.75) is 11.4 Å². The van der Waals surface area contributed by atoms with Gasteiger partial charge in [0.1, 0.15) is 16.4 Å². The maximum atomic E-state index is 13.8. The highest BCUT2D eigenvalue weighted by Gasteiger charge is 2.30. The first-order chi connectivity index (χ1) is 18.8. The van der Waals surface area contributed by atoms with Gasteiger partial charge in [-0.3, -0.25) is 4.79 Å². The van der Waals surface area contributed by atoms with E-state index in [1.807, 2.05) is 6.07 Å². The van der Waals surface area contributed by atoms with Gasteiger partial charge >= 0.3 is 0 Å². The van der Waals surface area contributed by atoms with Crippen molar-refractivity contribution in [1.29, 1.82) is 0 Å². The molecule has 0 aliphatic heterocycles. The van der Waals surface area contributed by atoms with Crippen molar-refractivity contribution in [2.24, 2.45) is 5.10 Å². The second-order valence-corrected chi connectivity index (χ2v) is 9.90. The monoisotopic (exact) mass is 557 g/mol. The first kappa shape index (κ1) is 29.3. The Morgan fingerprint density at radius 3 is 2.13 bits per heavy atom. The number of hydrogen-bond acceptors (Lipinski definition) is 9. The molecule has 0 bridgehead atoms. The van der Waals surface area contributed by atoms with Crippen molar-refractivity contribution in [1.82, 2.24) is 9.73 Å². The summed E-state index contributed by atoms with van der Waals surface area (Å²) < 4.78 is 55.1. The van der Waals surface area contributed by atoms with Crippen LogP contribution in [0.4, 0.5) is 0 Å². The van der Waals surface area contributed by atoms with Crippen molar-refractivity contribution in [3.8, 4) is 28.7 Å². The largest absolute Gasteiger partial charge is 0.497 e. The van der Waals surface area contributed by atoms with E-state index in [4.69, 9.17) is 23.7 Å². The Kier molecular flexibility index (Phi) is 10.1. The van der Waals surface area contributed by atoms with E-state index in [2.05, 4.69) is 10.5 Å². The Bertz CT molecular complexity index is 1410. The Morgan fingerprint density at radius 1 is 0.846 bits per heavy atom. The first-order valence-electron chi connectivity index (χ1n) is 11.7. The fraction of sp³-hybridized carbons (Fsp3) is 0.259. The summed E-state index contributed by atoms with van der Waals surface area (Å²) in [5, 5.41) is 3.99. The Balaban J connectivity index is 1.88. The van der Waals surface area contributed by atoms with Gasteiger partial charge in [0.15, 0.2) is 11.5 Å². The normalized spacial score (nSPS) is 11.3. The predicted molar refractivity (Wildman–Crippen MR) is 145 cm³/mol. The van der Waals surface area contributed by atoms with Gasteiger partial charge in [-0.15, -0.1) is 0 Å². The van der Waals surface area contributed by atoms with Gasteiger partial charge in [-0.2, -0.15) is 9.41 Å². The molecule has 39 heavy (non-hydrogen) atoms. The third kappa shape index (κ3) is 6.98. The lowest BCUT2D eigenvalue weighted by atomic mass is 10.2. The number of ether oxygens (including phenoxy) is 5. The predicted octanol–water partition coefficient (Wildman–Crippen LogP) is 3.07. The average Bonchev–Trinajstić information content (AvgIpc) is 2.96. The number of benzene rings is 3. The molecule has 0 aliphatic rings. The van der Waals surface area contributed by atoms with Crippen LogP contribution in [0.15, 0.2) is 70.7 Å². The molecule has 3 rings (SSSR count). The van der Waals surface area contributed by atoms with E-state index in [1.165, 1.54) is 53.9 Å². The molecule has 0 unspecified atom stereocenters. The highest BCUT2D eigenvalue weighted by Crippen LogP contribution is 2.39. The maximum Gasteiger partial charge on any atom is 0.255 e. The summed E-state index contributed by atoms with van der Waals surface area (Å²) in [7, 11) is 3.03. The second kappa shape index (κ2) is 13.5. The lowest BCUT2D eigenvalue weighted by Crippen LogP contribution is -2.39. The summed E-state index contributed by atoms with van der Waals surface area (Å²) in [6.07, 6.45) is 1.36. The molecule has 3 aromatic carbocycles. The number of hydrogen-bond donors (Lipinski definition) is 1. The minimum Gasteiger partial charge on any atom is -0.497 e. The second-order valence-electron chi connectivity index (χ2n) is 7.99. The number of rotatable bonds is 13. The van der Waals surface area contributed by atoms with E-state index >= 15 is 0 Å². The number of carbonyl (C=O) groups is 1. The number of nitrogens with zero attached hydrogens (tertiary/aromatic N) is 2. The zero-order valence-electron chi connectivity index (χ0n) is 22.3. The van der Waals surface area contributed by atoms with Crippen LogP contribution in [0.5, 0.6) is 28.7 Å². The van der Waals surface area contributed by atoms with Crippen LogP contribution in [0.1, 0.15) is 11.1 Å². The number of carbonyl (C=O) groups excluding carboxylic acids is 1. The molecule has 0 heterocycles. The molecule has 0 spiro atoms. The summed E-state index contributed by atoms with van der Waals surface area (Å²) in [6, 6.07) is 16.7. The topological polar surface area (TPSA) is 125 Å². The van der Waals surface area contributed by atoms with Crippen LogP contribution in [-0.2, 0) is 21.4 Å². The smallest absolute Gasteiger partial charge is 0.255 e. The number of amides is 1. The van der Waals surface area contributed by atoms with Crippen molar-refractivity contribution < 1.29 is 36.9 Å². The number of nitrogens with one attached hydrogen (secondary N) is 1. The number of sulfonamides is 1. The summed E-state index contributed by atoms with van der Waals surface area (Å²) in [6.45, 7) is -0.581. The molecule has 1 N–H and O–H groups in total. The molecule has 0 radical (unpaired) electrons. The summed E-state index contributed by atoms with van der Waals surface area (Å²) in [5.41, 5.74) is 3.57. The Morgan fingerprint density at radius 2 is 1.51 bits per heavy atom. The summed E-state index contributed by atoms with van der Waals surface area (Å²) in [5.74, 6) is 0.966. The number of methoxy groups -OCH3 is 5. The number of hydrazone groups is 1. The fourth-order valence-electron chi connectivity index (χ4n) is 3.73. The molecule has 0 fully saturated rings. The quantitative estimate of drug-likeness (QED) is 0.251. The Labute approximate surface area is 227 Å². The van der Waals surface area contributed by atoms with E-state index in [0.717, 1.165) is 4.31 Å². The summed E-state index contributed by atoms with van der Waals surface area (Å²) in [4.78, 5) is 12.8. The summed E-state index contributed by atoms with van der Waals surface area (Å²) >= 11 is 0. The molecular formula is C27H31N3O8S. The van der Waals surface area contributed by atoms with Crippen molar-refractivity contribution in [3.63, 3.8) is 0 Å². The van der Waals surface area contributed by atoms with E-state index in [-0.39, 0.29) is 17.2 Å². The molecule has 0 saturated carbocycles. The van der Waals surface area contributed by atoms with Crippen molar-refractivity contribution in [2.75, 3.05) is 42.1 Å². The molecular weight excluding hydrogens is 526 g/mol. The molecule has 0 atom stereocenters. The fourth-order valence-corrected chi connectivity index (χ4v) is 5.29. The molecule has 11 nitrogen and oxygen atoms in total. The van der Waals surface area contributed by atoms with E-state index in [1.54, 1.807) is 42.5 Å². The molecule has 1 amide bonds. The van der Waals surface area contributed by atoms with Crippen LogP contribution in [-0.4, -0.2) is 66.9 Å². The van der Waals surface area contributed by atoms with Gasteiger partial charge in [0.05, 0.1) is 48.3 Å². The van der Waals surface area contributed by atoms with Crippen molar-refractivity contribution in [3.05, 3.63) is 71.8 Å².